The van der Waals surface area contributed by atoms with Gasteiger partial charge in [-0.3, -0.25) is 0 Å². The molecule has 0 aromatic heterocycles. The summed E-state index contributed by atoms with van der Waals surface area (Å²) in [6.45, 7) is 2.12. The molecule has 28 heavy (non-hydrogen) atoms. The van der Waals surface area contributed by atoms with Gasteiger partial charge in [-0.1, -0.05) is 48.5 Å². The minimum Gasteiger partial charge on any atom is -0.489 e. The normalized spacial score (nSPS) is 9.79. The van der Waals surface area contributed by atoms with Crippen LogP contribution in [0.25, 0.3) is 0 Å². The molecule has 0 atom stereocenters. The smallest absolute Gasteiger partial charge is 0.337 e. The van der Waals surface area contributed by atoms with Gasteiger partial charge in [0.1, 0.15) is 12.4 Å². The highest BCUT2D eigenvalue weighted by Crippen LogP contribution is 2.20. The summed E-state index contributed by atoms with van der Waals surface area (Å²) in [7, 11) is 0. The summed E-state index contributed by atoms with van der Waals surface area (Å²) < 4.78 is 6.13. The average molecular weight is 490 g/mol. The van der Waals surface area contributed by atoms with E-state index in [-0.39, 0.29) is 16.7 Å². The lowest BCUT2D eigenvalue weighted by atomic mass is 10.0. The van der Waals surface area contributed by atoms with E-state index < -0.39 is 11.9 Å². The van der Waals surface area contributed by atoms with Gasteiger partial charge in [-0.15, -0.1) is 0 Å². The van der Waals surface area contributed by atoms with Gasteiger partial charge in [-0.25, -0.2) is 9.59 Å². The van der Waals surface area contributed by atoms with Crippen LogP contribution in [0.15, 0.2) is 72.8 Å². The minimum absolute atomic E-state index is 0.0304. The van der Waals surface area contributed by atoms with Crippen molar-refractivity contribution in [3.05, 3.63) is 98.6 Å². The first-order valence-corrected chi connectivity index (χ1v) is 9.45. The Balaban J connectivity index is 0.000000200. The Morgan fingerprint density at radius 1 is 0.857 bits per heavy atom. The largest absolute Gasteiger partial charge is 0.489 e. The Morgan fingerprint density at radius 3 is 1.96 bits per heavy atom. The SMILES string of the molecule is Cc1c(C(=O)O)ccc(I)c1C(=O)O.c1ccc(COc2ccccc2)cc1. The molecule has 144 valence electrons. The highest BCUT2D eigenvalue weighted by Gasteiger charge is 2.17. The quantitative estimate of drug-likeness (QED) is 0.477. The summed E-state index contributed by atoms with van der Waals surface area (Å²) in [5.74, 6) is -1.30. The van der Waals surface area contributed by atoms with Crippen molar-refractivity contribution >= 4 is 34.5 Å². The van der Waals surface area contributed by atoms with E-state index in [1.165, 1.54) is 24.6 Å². The van der Waals surface area contributed by atoms with Crippen molar-refractivity contribution in [3.63, 3.8) is 0 Å². The van der Waals surface area contributed by atoms with E-state index in [1.54, 1.807) is 0 Å². The maximum atomic E-state index is 10.8. The van der Waals surface area contributed by atoms with Gasteiger partial charge < -0.3 is 14.9 Å². The van der Waals surface area contributed by atoms with Gasteiger partial charge in [0.15, 0.2) is 0 Å². The third kappa shape index (κ3) is 6.09. The van der Waals surface area contributed by atoms with E-state index in [0.717, 1.165) is 5.75 Å². The topological polar surface area (TPSA) is 83.8 Å². The molecular weight excluding hydrogens is 471 g/mol. The van der Waals surface area contributed by atoms with E-state index in [9.17, 15) is 9.59 Å². The fourth-order valence-corrected chi connectivity index (χ4v) is 3.25. The van der Waals surface area contributed by atoms with Gasteiger partial charge in [-0.05, 0) is 64.9 Å². The number of hydrogen-bond acceptors (Lipinski definition) is 3. The van der Waals surface area contributed by atoms with Crippen molar-refractivity contribution in [2.45, 2.75) is 13.5 Å². The van der Waals surface area contributed by atoms with Gasteiger partial charge in [0, 0.05) is 3.57 Å². The number of para-hydroxylation sites is 1. The number of halogens is 1. The molecule has 0 spiro atoms. The molecule has 0 amide bonds. The first-order valence-electron chi connectivity index (χ1n) is 8.37. The Kier molecular flexibility index (Phi) is 8.01. The van der Waals surface area contributed by atoms with Crippen LogP contribution in [0.1, 0.15) is 31.8 Å². The molecule has 2 N–H and O–H groups in total. The van der Waals surface area contributed by atoms with Crippen LogP contribution in [0.5, 0.6) is 5.75 Å². The highest BCUT2D eigenvalue weighted by atomic mass is 127. The number of rotatable bonds is 5. The number of benzene rings is 3. The molecule has 0 saturated carbocycles. The predicted octanol–water partition coefficient (Wildman–Crippen LogP) is 5.26. The lowest BCUT2D eigenvalue weighted by Crippen LogP contribution is -2.09. The maximum Gasteiger partial charge on any atom is 0.337 e. The molecule has 0 fully saturated rings. The fraction of sp³-hybridized carbons (Fsp3) is 0.0909. The predicted molar refractivity (Wildman–Crippen MR) is 115 cm³/mol. The number of aromatic carboxylic acids is 2. The van der Waals surface area contributed by atoms with Crippen LogP contribution in [0, 0.1) is 10.5 Å². The minimum atomic E-state index is -1.11. The Bertz CT molecular complexity index is 900. The van der Waals surface area contributed by atoms with Crippen LogP contribution in [-0.2, 0) is 6.61 Å². The maximum absolute atomic E-state index is 10.8. The molecule has 0 aliphatic heterocycles. The second-order valence-corrected chi connectivity index (χ2v) is 6.95. The molecule has 0 radical (unpaired) electrons. The summed E-state index contributed by atoms with van der Waals surface area (Å²) in [5, 5.41) is 17.6. The second-order valence-electron chi connectivity index (χ2n) is 5.79. The van der Waals surface area contributed by atoms with E-state index in [1.807, 2.05) is 71.1 Å². The third-order valence-corrected chi connectivity index (χ3v) is 4.75. The van der Waals surface area contributed by atoms with Gasteiger partial charge in [0.2, 0.25) is 0 Å². The van der Waals surface area contributed by atoms with Crippen LogP contribution < -0.4 is 4.74 Å². The van der Waals surface area contributed by atoms with Crippen LogP contribution >= 0.6 is 22.6 Å². The molecular formula is C22H19IO5. The summed E-state index contributed by atoms with van der Waals surface area (Å²) in [6.07, 6.45) is 0. The lowest BCUT2D eigenvalue weighted by Gasteiger charge is -2.06. The Hall–Kier alpha value is -2.87. The molecule has 0 aliphatic rings. The zero-order valence-electron chi connectivity index (χ0n) is 15.1. The molecule has 0 saturated heterocycles. The molecule has 3 aromatic rings. The number of carboxylic acids is 2. The van der Waals surface area contributed by atoms with Crippen LogP contribution in [0.3, 0.4) is 0 Å². The molecule has 0 bridgehead atoms. The van der Waals surface area contributed by atoms with E-state index in [0.29, 0.717) is 10.2 Å². The molecule has 0 unspecified atom stereocenters. The molecule has 5 nitrogen and oxygen atoms in total. The number of hydrogen-bond donors (Lipinski definition) is 2. The van der Waals surface area contributed by atoms with Crippen molar-refractivity contribution in [2.75, 3.05) is 0 Å². The van der Waals surface area contributed by atoms with Crippen molar-refractivity contribution in [1.29, 1.82) is 0 Å². The summed E-state index contributed by atoms with van der Waals surface area (Å²) in [5.41, 5.74) is 1.57. The van der Waals surface area contributed by atoms with Crippen LogP contribution in [-0.4, -0.2) is 22.2 Å². The van der Waals surface area contributed by atoms with Gasteiger partial charge in [-0.2, -0.15) is 0 Å². The van der Waals surface area contributed by atoms with Gasteiger partial charge in [0.05, 0.1) is 11.1 Å². The average Bonchev–Trinajstić information content (AvgIpc) is 2.68. The van der Waals surface area contributed by atoms with Crippen LogP contribution in [0.2, 0.25) is 0 Å². The van der Waals surface area contributed by atoms with E-state index in [4.69, 9.17) is 14.9 Å². The standard InChI is InChI=1S/C13H12O.C9H7IO4/c1-3-7-12(8-4-1)11-14-13-9-5-2-6-10-13;1-4-5(8(11)12)2-3-6(10)7(4)9(13)14/h1-10H,11H2;2-3H,1H3,(H,11,12)(H,13,14). The summed E-state index contributed by atoms with van der Waals surface area (Å²) >= 11 is 1.87. The number of carboxylic acid groups (broad SMARTS) is 2. The van der Waals surface area contributed by atoms with Crippen molar-refractivity contribution in [1.82, 2.24) is 0 Å². The first kappa shape index (κ1) is 21.4. The van der Waals surface area contributed by atoms with E-state index in [2.05, 4.69) is 12.1 Å². The van der Waals surface area contributed by atoms with Gasteiger partial charge in [0.25, 0.3) is 0 Å². The molecule has 6 heteroatoms. The highest BCUT2D eigenvalue weighted by molar-refractivity contribution is 14.1. The lowest BCUT2D eigenvalue weighted by molar-refractivity contribution is 0.0695. The zero-order chi connectivity index (χ0) is 20.5. The molecule has 0 heterocycles. The fourth-order valence-electron chi connectivity index (χ4n) is 2.43. The number of carbonyl (C=O) groups is 2. The third-order valence-electron chi connectivity index (χ3n) is 3.85. The zero-order valence-corrected chi connectivity index (χ0v) is 17.3. The Morgan fingerprint density at radius 2 is 1.43 bits per heavy atom. The van der Waals surface area contributed by atoms with Crippen LogP contribution in [0.4, 0.5) is 0 Å². The molecule has 3 aromatic carbocycles. The molecule has 3 rings (SSSR count). The molecule has 0 aliphatic carbocycles. The number of ether oxygens (including phenoxy) is 1. The summed E-state index contributed by atoms with van der Waals surface area (Å²) in [6, 6.07) is 22.9. The monoisotopic (exact) mass is 490 g/mol. The van der Waals surface area contributed by atoms with Gasteiger partial charge >= 0.3 is 11.9 Å². The van der Waals surface area contributed by atoms with E-state index >= 15 is 0 Å². The summed E-state index contributed by atoms with van der Waals surface area (Å²) in [4.78, 5) is 21.5. The van der Waals surface area contributed by atoms with Crippen molar-refractivity contribution in [2.24, 2.45) is 0 Å². The first-order chi connectivity index (χ1) is 13.4. The van der Waals surface area contributed by atoms with Crippen molar-refractivity contribution in [3.8, 4) is 5.75 Å². The van der Waals surface area contributed by atoms with Crippen molar-refractivity contribution < 1.29 is 24.5 Å². The second kappa shape index (κ2) is 10.5. The Labute approximate surface area is 176 Å².